The number of fused-ring (bicyclic) bond motifs is 1. The number of nitro groups is 1. The minimum Gasteiger partial charge on any atom is -0.505 e. The first kappa shape index (κ1) is 48.2. The van der Waals surface area contributed by atoms with Crippen molar-refractivity contribution in [2.45, 2.75) is 19.6 Å². The zero-order chi connectivity index (χ0) is 47.5. The number of nitrogens with zero attached hydrogens (tertiary/aromatic N) is 7. The fourth-order valence-electron chi connectivity index (χ4n) is 5.33. The molecule has 64 heavy (non-hydrogen) atoms. The predicted molar refractivity (Wildman–Crippen MR) is 215 cm³/mol. The molecule has 5 aromatic carbocycles. The summed E-state index contributed by atoms with van der Waals surface area (Å²) in [6.45, 7) is -2.11. The van der Waals surface area contributed by atoms with E-state index in [1.807, 2.05) is 0 Å². The van der Waals surface area contributed by atoms with Gasteiger partial charge in [-0.1, -0.05) is 0 Å². The van der Waals surface area contributed by atoms with Crippen LogP contribution >= 0.6 is 0 Å². The summed E-state index contributed by atoms with van der Waals surface area (Å²) in [5.74, 6) is -3.51. The number of nitrogens with two attached hydrogens (primary N) is 1. The molecule has 28 nitrogen and oxygen atoms in total. The zero-order valence-electron chi connectivity index (χ0n) is 31.4. The minimum atomic E-state index is -5.51. The molecule has 5 aromatic rings. The Bertz CT molecular complexity index is 3270. The summed E-state index contributed by atoms with van der Waals surface area (Å²) in [5, 5.41) is 73.3. The maximum absolute atomic E-state index is 12.6. The largest absolute Gasteiger partial charge is 0.505 e. The quantitative estimate of drug-likeness (QED) is 0.0200. The number of hydrogen-bond acceptors (Lipinski definition) is 23. The lowest BCUT2D eigenvalue weighted by Crippen LogP contribution is -2.04. The molecule has 0 saturated carbocycles. The van der Waals surface area contributed by atoms with Crippen molar-refractivity contribution in [3.63, 3.8) is 0 Å². The maximum atomic E-state index is 12.6. The van der Waals surface area contributed by atoms with Gasteiger partial charge in [-0.25, -0.2) is 0 Å². The molecule has 0 spiro atoms. The summed E-state index contributed by atoms with van der Waals surface area (Å²) >= 11 is 0. The Morgan fingerprint density at radius 1 is 0.547 bits per heavy atom. The summed E-state index contributed by atoms with van der Waals surface area (Å²) in [6, 6.07) is 7.81. The number of ether oxygens (including phenoxy) is 2. The van der Waals surface area contributed by atoms with Crippen LogP contribution in [0.3, 0.4) is 0 Å². The number of aliphatic hydroxyl groups is 2. The molecule has 0 aliphatic carbocycles. The molecule has 5 rings (SSSR count). The first-order valence-electron chi connectivity index (χ1n) is 16.8. The number of anilines is 1. The van der Waals surface area contributed by atoms with Gasteiger partial charge in [-0.15, -0.1) is 30.7 Å². The Morgan fingerprint density at radius 2 is 0.938 bits per heavy atom. The summed E-state index contributed by atoms with van der Waals surface area (Å²) in [6.07, 6.45) is 0. The third-order valence-electron chi connectivity index (χ3n) is 8.02. The topological polar surface area (TPSA) is 460 Å². The van der Waals surface area contributed by atoms with Crippen LogP contribution in [-0.4, -0.2) is 104 Å². The van der Waals surface area contributed by atoms with Gasteiger partial charge in [0.25, 0.3) is 46.2 Å². The molecular formula is C32H28N8O20S4. The molecule has 0 bridgehead atoms. The van der Waals surface area contributed by atoms with E-state index < -0.39 is 148 Å². The number of nitrogen functional groups attached to an aromatic ring is 1. The van der Waals surface area contributed by atoms with Gasteiger partial charge in [-0.3, -0.25) is 28.3 Å². The lowest BCUT2D eigenvalue weighted by molar-refractivity contribution is -0.385. The lowest BCUT2D eigenvalue weighted by Gasteiger charge is -2.14. The SMILES string of the molecule is Nc1ccc(N=Nc2cc(OCCO)c(N=Nc3c(S(=O)(=O)O)cc4cc(S(=O)(=O)O)c(N=Nc5ccc([N+](=O)[O-])cc5S(=O)(=O)O)c(O)c4c3O)cc2OCCO)c(S(=O)(=O)O)c1. The second-order valence-corrected chi connectivity index (χ2v) is 17.9. The smallest absolute Gasteiger partial charge is 0.297 e. The van der Waals surface area contributed by atoms with E-state index in [0.29, 0.717) is 30.3 Å². The van der Waals surface area contributed by atoms with Crippen molar-refractivity contribution in [2.75, 3.05) is 32.2 Å². The average Bonchev–Trinajstić information content (AvgIpc) is 3.19. The Hall–Kier alpha value is -6.88. The molecule has 0 unspecified atom stereocenters. The van der Waals surface area contributed by atoms with Crippen molar-refractivity contribution in [2.24, 2.45) is 30.7 Å². The van der Waals surface area contributed by atoms with Crippen molar-refractivity contribution < 1.29 is 86.7 Å². The maximum Gasteiger partial charge on any atom is 0.297 e. The van der Waals surface area contributed by atoms with Gasteiger partial charge in [0.15, 0.2) is 11.5 Å². The first-order chi connectivity index (χ1) is 29.8. The second-order valence-electron chi connectivity index (χ2n) is 12.3. The van der Waals surface area contributed by atoms with E-state index in [-0.39, 0.29) is 22.9 Å². The molecule has 340 valence electrons. The number of aliphatic hydroxyl groups excluding tert-OH is 2. The van der Waals surface area contributed by atoms with Crippen molar-refractivity contribution in [1.29, 1.82) is 0 Å². The molecule has 0 heterocycles. The molecule has 0 aliphatic rings. The van der Waals surface area contributed by atoms with Crippen LogP contribution in [-0.2, 0) is 40.5 Å². The second kappa shape index (κ2) is 18.5. The van der Waals surface area contributed by atoms with E-state index in [9.17, 15) is 82.4 Å². The van der Waals surface area contributed by atoms with E-state index in [1.54, 1.807) is 0 Å². The minimum absolute atomic E-state index is 0.0666. The molecule has 0 fully saturated rings. The van der Waals surface area contributed by atoms with Crippen LogP contribution in [0, 0.1) is 10.1 Å². The summed E-state index contributed by atoms with van der Waals surface area (Å²) in [7, 11) is -21.2. The number of azo groups is 3. The first-order valence-corrected chi connectivity index (χ1v) is 22.6. The van der Waals surface area contributed by atoms with Crippen LogP contribution < -0.4 is 15.2 Å². The van der Waals surface area contributed by atoms with Crippen LogP contribution in [0.15, 0.2) is 111 Å². The van der Waals surface area contributed by atoms with Gasteiger partial charge in [-0.05, 0) is 41.8 Å². The van der Waals surface area contributed by atoms with Crippen molar-refractivity contribution in [3.05, 3.63) is 70.8 Å². The van der Waals surface area contributed by atoms with Crippen molar-refractivity contribution >= 4 is 96.7 Å². The fraction of sp³-hybridized carbons (Fsp3) is 0.125. The number of aromatic hydroxyl groups is 2. The van der Waals surface area contributed by atoms with Crippen molar-refractivity contribution in [3.8, 4) is 23.0 Å². The molecule has 32 heteroatoms. The summed E-state index contributed by atoms with van der Waals surface area (Å²) in [5.41, 5.74) is 0.213. The molecule has 0 radical (unpaired) electrons. The number of hydrogen-bond donors (Lipinski definition) is 9. The number of rotatable bonds is 17. The van der Waals surface area contributed by atoms with Crippen LogP contribution in [0.25, 0.3) is 10.8 Å². The van der Waals surface area contributed by atoms with Gasteiger partial charge >= 0.3 is 0 Å². The Kier molecular flexibility index (Phi) is 13.9. The predicted octanol–water partition coefficient (Wildman–Crippen LogP) is 4.72. The number of phenols is 2. The number of nitro benzene ring substituents is 1. The summed E-state index contributed by atoms with van der Waals surface area (Å²) < 4.78 is 149. The molecule has 10 N–H and O–H groups in total. The molecule has 0 aliphatic heterocycles. The number of benzene rings is 5. The van der Waals surface area contributed by atoms with Gasteiger partial charge in [0.1, 0.15) is 78.4 Å². The van der Waals surface area contributed by atoms with E-state index in [4.69, 9.17) is 15.2 Å². The average molecular weight is 973 g/mol. The monoisotopic (exact) mass is 972 g/mol. The Morgan fingerprint density at radius 3 is 1.36 bits per heavy atom. The van der Waals surface area contributed by atoms with Crippen LogP contribution in [0.1, 0.15) is 0 Å². The Labute approximate surface area is 358 Å². The van der Waals surface area contributed by atoms with Gasteiger partial charge < -0.3 is 35.6 Å². The van der Waals surface area contributed by atoms with Crippen molar-refractivity contribution in [1.82, 2.24) is 0 Å². The summed E-state index contributed by atoms with van der Waals surface area (Å²) in [4.78, 5) is 5.52. The number of phenolic OH excluding ortho intramolecular Hbond substituents is 2. The standard InChI is InChI=1S/C32H28N8O20S4/c33-16-1-3-18(24(11-16)61(47,48)49)34-36-20-13-23(60-8-6-42)21(14-22(20)59-7-5-41)37-39-30-27(64(56,57)58)10-15-9-26(63(53,54)55)29(31(43)28(15)32(30)44)38-35-19-4-2-17(40(45)46)12-25(19)62(50,51)52/h1-4,9-14,41-44H,5-8,33H2,(H,47,48,49)(H,50,51,52)(H,53,54,55)(H,56,57,58). The molecule has 0 atom stereocenters. The van der Waals surface area contributed by atoms with Gasteiger partial charge in [0.05, 0.1) is 23.5 Å². The van der Waals surface area contributed by atoms with Crippen LogP contribution in [0.2, 0.25) is 0 Å². The fourth-order valence-corrected chi connectivity index (χ4v) is 7.94. The lowest BCUT2D eigenvalue weighted by atomic mass is 10.1. The number of non-ortho nitro benzene ring substituents is 1. The highest BCUT2D eigenvalue weighted by molar-refractivity contribution is 7.86. The third-order valence-corrected chi connectivity index (χ3v) is 11.5. The van der Waals surface area contributed by atoms with Crippen LogP contribution in [0.4, 0.5) is 45.5 Å². The zero-order valence-corrected chi connectivity index (χ0v) is 34.7. The van der Waals surface area contributed by atoms with E-state index in [2.05, 4.69) is 30.7 Å². The van der Waals surface area contributed by atoms with E-state index in [0.717, 1.165) is 24.3 Å². The molecule has 0 aromatic heterocycles. The van der Waals surface area contributed by atoms with Gasteiger partial charge in [-0.2, -0.15) is 33.7 Å². The highest BCUT2D eigenvalue weighted by atomic mass is 32.2. The Balaban J connectivity index is 1.75. The highest BCUT2D eigenvalue weighted by Gasteiger charge is 2.30. The highest BCUT2D eigenvalue weighted by Crippen LogP contribution is 2.51. The van der Waals surface area contributed by atoms with Gasteiger partial charge in [0, 0.05) is 30.0 Å². The molecule has 0 amide bonds. The van der Waals surface area contributed by atoms with E-state index in [1.165, 1.54) is 6.07 Å². The van der Waals surface area contributed by atoms with Gasteiger partial charge in [0.2, 0.25) is 0 Å². The van der Waals surface area contributed by atoms with E-state index >= 15 is 0 Å². The molecular weight excluding hydrogens is 945 g/mol. The normalized spacial score (nSPS) is 12.8. The third kappa shape index (κ3) is 10.8. The van der Waals surface area contributed by atoms with Crippen LogP contribution in [0.5, 0.6) is 23.0 Å². The molecule has 0 saturated heterocycles.